The molecule has 6 nitrogen and oxygen atoms in total. The zero-order chi connectivity index (χ0) is 13.0. The fraction of sp³-hybridized carbons (Fsp3) is 0.667. The molecule has 0 spiro atoms. The van der Waals surface area contributed by atoms with Crippen molar-refractivity contribution in [3.63, 3.8) is 0 Å². The summed E-state index contributed by atoms with van der Waals surface area (Å²) in [6.45, 7) is 6.00. The predicted octanol–water partition coefficient (Wildman–Crippen LogP) is 0.947. The smallest absolute Gasteiger partial charge is 0.358 e. The van der Waals surface area contributed by atoms with Gasteiger partial charge in [-0.1, -0.05) is 5.16 Å². The van der Waals surface area contributed by atoms with Crippen LogP contribution in [0.4, 0.5) is 0 Å². The van der Waals surface area contributed by atoms with Crippen molar-refractivity contribution in [1.82, 2.24) is 15.4 Å². The molecule has 1 aromatic rings. The van der Waals surface area contributed by atoms with E-state index in [1.807, 2.05) is 0 Å². The van der Waals surface area contributed by atoms with Crippen LogP contribution in [0.25, 0.3) is 0 Å². The summed E-state index contributed by atoms with van der Waals surface area (Å²) in [7, 11) is 0. The first-order valence-electron chi connectivity index (χ1n) is 6.30. The third kappa shape index (κ3) is 3.54. The van der Waals surface area contributed by atoms with Crippen molar-refractivity contribution in [2.24, 2.45) is 0 Å². The highest BCUT2D eigenvalue weighted by molar-refractivity contribution is 5.85. The molecule has 0 amide bonds. The van der Waals surface area contributed by atoms with Crippen LogP contribution in [0.15, 0.2) is 10.6 Å². The van der Waals surface area contributed by atoms with E-state index in [9.17, 15) is 4.79 Å². The number of nitrogens with zero attached hydrogens (tertiary/aromatic N) is 2. The van der Waals surface area contributed by atoms with Gasteiger partial charge in [-0.2, -0.15) is 0 Å². The molecular weight excluding hydrogens is 234 g/mol. The standard InChI is InChI=1S/C12H19N3O3/c1-9(8-15-4-2-3-5-15)13-7-10-6-11(12(16)17)14-18-10/h6,9,13H,2-5,7-8H2,1H3,(H,16,17). The molecular formula is C12H19N3O3. The Bertz CT molecular complexity index is 399. The van der Waals surface area contributed by atoms with E-state index in [2.05, 4.69) is 22.3 Å². The first-order chi connectivity index (χ1) is 8.65. The molecule has 0 bridgehead atoms. The van der Waals surface area contributed by atoms with Crippen LogP contribution >= 0.6 is 0 Å². The summed E-state index contributed by atoms with van der Waals surface area (Å²) in [6.07, 6.45) is 2.58. The molecule has 1 aliphatic rings. The molecule has 0 aromatic carbocycles. The maximum Gasteiger partial charge on any atom is 0.358 e. The minimum Gasteiger partial charge on any atom is -0.476 e. The van der Waals surface area contributed by atoms with Crippen LogP contribution in [0.2, 0.25) is 0 Å². The van der Waals surface area contributed by atoms with Crippen LogP contribution in [0.5, 0.6) is 0 Å². The Kier molecular flexibility index (Phi) is 4.33. The number of carboxylic acid groups (broad SMARTS) is 1. The van der Waals surface area contributed by atoms with Crippen molar-refractivity contribution in [2.75, 3.05) is 19.6 Å². The van der Waals surface area contributed by atoms with E-state index in [1.165, 1.54) is 32.0 Å². The van der Waals surface area contributed by atoms with Crippen molar-refractivity contribution >= 4 is 5.97 Å². The highest BCUT2D eigenvalue weighted by atomic mass is 16.5. The summed E-state index contributed by atoms with van der Waals surface area (Å²) in [5, 5.41) is 15.5. The minimum absolute atomic E-state index is 0.0426. The van der Waals surface area contributed by atoms with Gasteiger partial charge < -0.3 is 19.8 Å². The largest absolute Gasteiger partial charge is 0.476 e. The van der Waals surface area contributed by atoms with Gasteiger partial charge in [0.25, 0.3) is 0 Å². The van der Waals surface area contributed by atoms with Crippen molar-refractivity contribution in [1.29, 1.82) is 0 Å². The number of likely N-dealkylation sites (tertiary alicyclic amines) is 1. The quantitative estimate of drug-likeness (QED) is 0.785. The molecule has 18 heavy (non-hydrogen) atoms. The highest BCUT2D eigenvalue weighted by Crippen LogP contribution is 2.08. The second-order valence-electron chi connectivity index (χ2n) is 4.77. The van der Waals surface area contributed by atoms with E-state index in [4.69, 9.17) is 9.63 Å². The Morgan fingerprint density at radius 2 is 2.33 bits per heavy atom. The summed E-state index contributed by atoms with van der Waals surface area (Å²) >= 11 is 0. The second-order valence-corrected chi connectivity index (χ2v) is 4.77. The molecule has 100 valence electrons. The van der Waals surface area contributed by atoms with E-state index < -0.39 is 5.97 Å². The van der Waals surface area contributed by atoms with Crippen LogP contribution in [0.1, 0.15) is 36.0 Å². The Hall–Kier alpha value is -1.40. The van der Waals surface area contributed by atoms with E-state index in [-0.39, 0.29) is 5.69 Å². The monoisotopic (exact) mass is 253 g/mol. The Labute approximate surface area is 106 Å². The molecule has 1 unspecified atom stereocenters. The molecule has 2 N–H and O–H groups in total. The van der Waals surface area contributed by atoms with Crippen LogP contribution in [0, 0.1) is 0 Å². The highest BCUT2D eigenvalue weighted by Gasteiger charge is 2.15. The van der Waals surface area contributed by atoms with Crippen molar-refractivity contribution in [3.8, 4) is 0 Å². The normalized spacial score (nSPS) is 18.1. The van der Waals surface area contributed by atoms with E-state index in [0.717, 1.165) is 6.54 Å². The summed E-state index contributed by atoms with van der Waals surface area (Å²) < 4.78 is 4.94. The van der Waals surface area contributed by atoms with Crippen LogP contribution in [-0.4, -0.2) is 46.8 Å². The summed E-state index contributed by atoms with van der Waals surface area (Å²) in [4.78, 5) is 13.1. The van der Waals surface area contributed by atoms with Gasteiger partial charge in [0.1, 0.15) is 0 Å². The fourth-order valence-corrected chi connectivity index (χ4v) is 2.19. The number of aromatic carboxylic acids is 1. The number of hydrogen-bond donors (Lipinski definition) is 2. The van der Waals surface area contributed by atoms with Gasteiger partial charge in [-0.15, -0.1) is 0 Å². The van der Waals surface area contributed by atoms with Gasteiger partial charge in [0.05, 0.1) is 6.54 Å². The number of aromatic nitrogens is 1. The molecule has 0 aliphatic carbocycles. The molecule has 1 aliphatic heterocycles. The van der Waals surface area contributed by atoms with Crippen molar-refractivity contribution < 1.29 is 14.4 Å². The lowest BCUT2D eigenvalue weighted by atomic mass is 10.3. The van der Waals surface area contributed by atoms with Crippen LogP contribution in [0.3, 0.4) is 0 Å². The number of rotatable bonds is 6. The maximum atomic E-state index is 10.6. The Morgan fingerprint density at radius 1 is 1.61 bits per heavy atom. The lowest BCUT2D eigenvalue weighted by molar-refractivity contribution is 0.0685. The number of carboxylic acids is 1. The Morgan fingerprint density at radius 3 is 2.94 bits per heavy atom. The van der Waals surface area contributed by atoms with Gasteiger partial charge in [0, 0.05) is 18.7 Å². The molecule has 1 fully saturated rings. The zero-order valence-electron chi connectivity index (χ0n) is 10.6. The summed E-state index contributed by atoms with van der Waals surface area (Å²) in [6, 6.07) is 1.80. The van der Waals surface area contributed by atoms with Gasteiger partial charge in [-0.05, 0) is 32.9 Å². The first-order valence-corrected chi connectivity index (χ1v) is 6.30. The van der Waals surface area contributed by atoms with Crippen LogP contribution < -0.4 is 5.32 Å². The fourth-order valence-electron chi connectivity index (χ4n) is 2.19. The second kappa shape index (κ2) is 5.97. The van der Waals surface area contributed by atoms with Crippen LogP contribution in [-0.2, 0) is 6.54 Å². The first kappa shape index (κ1) is 13.0. The number of carbonyl (C=O) groups is 1. The Balaban J connectivity index is 1.74. The topological polar surface area (TPSA) is 78.6 Å². The molecule has 1 aromatic heterocycles. The zero-order valence-corrected chi connectivity index (χ0v) is 10.6. The van der Waals surface area contributed by atoms with Gasteiger partial charge in [0.15, 0.2) is 11.5 Å². The average molecular weight is 253 g/mol. The number of hydrogen-bond acceptors (Lipinski definition) is 5. The summed E-state index contributed by atoms with van der Waals surface area (Å²) in [5.74, 6) is -0.504. The molecule has 1 saturated heterocycles. The molecule has 6 heteroatoms. The van der Waals surface area contributed by atoms with E-state index in [1.54, 1.807) is 0 Å². The van der Waals surface area contributed by atoms with Gasteiger partial charge in [-0.25, -0.2) is 4.79 Å². The molecule has 1 atom stereocenters. The van der Waals surface area contributed by atoms with Crippen molar-refractivity contribution in [3.05, 3.63) is 17.5 Å². The van der Waals surface area contributed by atoms with E-state index in [0.29, 0.717) is 18.3 Å². The molecule has 0 saturated carbocycles. The third-order valence-corrected chi connectivity index (χ3v) is 3.13. The van der Waals surface area contributed by atoms with Gasteiger partial charge in [-0.3, -0.25) is 0 Å². The minimum atomic E-state index is -1.06. The van der Waals surface area contributed by atoms with E-state index >= 15 is 0 Å². The number of nitrogens with one attached hydrogen (secondary N) is 1. The molecule has 0 radical (unpaired) electrons. The lowest BCUT2D eigenvalue weighted by Gasteiger charge is -2.20. The van der Waals surface area contributed by atoms with Gasteiger partial charge in [0.2, 0.25) is 0 Å². The molecule has 2 rings (SSSR count). The third-order valence-electron chi connectivity index (χ3n) is 3.13. The lowest BCUT2D eigenvalue weighted by Crippen LogP contribution is -2.37. The van der Waals surface area contributed by atoms with Crippen molar-refractivity contribution in [2.45, 2.75) is 32.4 Å². The van der Waals surface area contributed by atoms with Gasteiger partial charge >= 0.3 is 5.97 Å². The predicted molar refractivity (Wildman–Crippen MR) is 65.4 cm³/mol. The average Bonchev–Trinajstić information content (AvgIpc) is 2.96. The summed E-state index contributed by atoms with van der Waals surface area (Å²) in [5.41, 5.74) is -0.0426. The maximum absolute atomic E-state index is 10.6. The molecule has 2 heterocycles. The SMILES string of the molecule is CC(CN1CCCC1)NCc1cc(C(=O)O)no1.